The van der Waals surface area contributed by atoms with Crippen LogP contribution in [0.2, 0.25) is 0 Å². The van der Waals surface area contributed by atoms with E-state index in [0.29, 0.717) is 26.4 Å². The Balaban J connectivity index is 1.56. The van der Waals surface area contributed by atoms with E-state index in [0.717, 1.165) is 36.7 Å². The van der Waals surface area contributed by atoms with Gasteiger partial charge in [0.2, 0.25) is 5.75 Å². The quantitative estimate of drug-likeness (QED) is 0.869. The fraction of sp³-hybridized carbons (Fsp3) is 0.368. The highest BCUT2D eigenvalue weighted by Crippen LogP contribution is 2.39. The molecular weight excluding hydrogens is 292 g/mol. The SMILES string of the molecule is c1cc2c(c(COc3cccc4c3OCCCO4)c1)CCOC2. The fourth-order valence-corrected chi connectivity index (χ4v) is 3.07. The summed E-state index contributed by atoms with van der Waals surface area (Å²) in [5, 5.41) is 0. The molecule has 4 nitrogen and oxygen atoms in total. The summed E-state index contributed by atoms with van der Waals surface area (Å²) >= 11 is 0. The van der Waals surface area contributed by atoms with Gasteiger partial charge in [0.05, 0.1) is 26.4 Å². The van der Waals surface area contributed by atoms with Crippen molar-refractivity contribution in [2.45, 2.75) is 26.1 Å². The number of hydrogen-bond acceptors (Lipinski definition) is 4. The van der Waals surface area contributed by atoms with E-state index in [9.17, 15) is 0 Å². The Morgan fingerprint density at radius 3 is 2.87 bits per heavy atom. The average molecular weight is 312 g/mol. The number of ether oxygens (including phenoxy) is 4. The number of hydrogen-bond donors (Lipinski definition) is 0. The van der Waals surface area contributed by atoms with Gasteiger partial charge in [-0.3, -0.25) is 0 Å². The molecule has 2 aromatic rings. The molecule has 2 heterocycles. The van der Waals surface area contributed by atoms with E-state index >= 15 is 0 Å². The van der Waals surface area contributed by atoms with Gasteiger partial charge in [0.15, 0.2) is 11.5 Å². The smallest absolute Gasteiger partial charge is 0.203 e. The molecule has 0 N–H and O–H groups in total. The summed E-state index contributed by atoms with van der Waals surface area (Å²) in [6, 6.07) is 12.1. The predicted molar refractivity (Wildman–Crippen MR) is 86.2 cm³/mol. The second-order valence-electron chi connectivity index (χ2n) is 5.78. The van der Waals surface area contributed by atoms with Crippen molar-refractivity contribution >= 4 is 0 Å². The Morgan fingerprint density at radius 1 is 0.957 bits per heavy atom. The average Bonchev–Trinajstić information content (AvgIpc) is 2.85. The first-order chi connectivity index (χ1) is 11.4. The lowest BCUT2D eigenvalue weighted by Gasteiger charge is -2.20. The second-order valence-corrected chi connectivity index (χ2v) is 5.78. The summed E-state index contributed by atoms with van der Waals surface area (Å²) in [6.07, 6.45) is 1.84. The highest BCUT2D eigenvalue weighted by molar-refractivity contribution is 5.51. The van der Waals surface area contributed by atoms with E-state index in [1.54, 1.807) is 0 Å². The van der Waals surface area contributed by atoms with E-state index in [2.05, 4.69) is 18.2 Å². The minimum absolute atomic E-state index is 0.531. The predicted octanol–water partition coefficient (Wildman–Crippen LogP) is 3.50. The number of para-hydroxylation sites is 1. The molecule has 0 bridgehead atoms. The first kappa shape index (κ1) is 14.4. The Kier molecular flexibility index (Phi) is 4.07. The Hall–Kier alpha value is -2.20. The Labute approximate surface area is 135 Å². The van der Waals surface area contributed by atoms with Crippen LogP contribution in [0.4, 0.5) is 0 Å². The highest BCUT2D eigenvalue weighted by Gasteiger charge is 2.17. The van der Waals surface area contributed by atoms with Crippen molar-refractivity contribution in [2.75, 3.05) is 19.8 Å². The lowest BCUT2D eigenvalue weighted by molar-refractivity contribution is 0.110. The monoisotopic (exact) mass is 312 g/mol. The summed E-state index contributed by atoms with van der Waals surface area (Å²) in [5.74, 6) is 2.23. The van der Waals surface area contributed by atoms with Gasteiger partial charge < -0.3 is 18.9 Å². The van der Waals surface area contributed by atoms with Gasteiger partial charge in [-0.1, -0.05) is 24.3 Å². The third-order valence-electron chi connectivity index (χ3n) is 4.24. The van der Waals surface area contributed by atoms with Gasteiger partial charge in [-0.25, -0.2) is 0 Å². The van der Waals surface area contributed by atoms with Gasteiger partial charge in [-0.2, -0.15) is 0 Å². The maximum atomic E-state index is 6.07. The van der Waals surface area contributed by atoms with E-state index < -0.39 is 0 Å². The number of fused-ring (bicyclic) bond motifs is 2. The fourth-order valence-electron chi connectivity index (χ4n) is 3.07. The van der Waals surface area contributed by atoms with Crippen LogP contribution in [-0.2, 0) is 24.4 Å². The second kappa shape index (κ2) is 6.50. The molecule has 0 aromatic heterocycles. The molecule has 2 aliphatic heterocycles. The molecule has 4 heteroatoms. The molecule has 4 rings (SSSR count). The van der Waals surface area contributed by atoms with Crippen LogP contribution in [0.25, 0.3) is 0 Å². The van der Waals surface area contributed by atoms with Crippen LogP contribution in [0.1, 0.15) is 23.1 Å². The molecule has 0 unspecified atom stereocenters. The zero-order valence-corrected chi connectivity index (χ0v) is 13.0. The molecule has 0 saturated heterocycles. The van der Waals surface area contributed by atoms with Crippen molar-refractivity contribution in [3.8, 4) is 17.2 Å². The molecule has 0 saturated carbocycles. The standard InChI is InChI=1S/C19H20O4/c1-4-14-12-20-11-8-16(14)15(5-1)13-23-18-7-2-6-17-19(18)22-10-3-9-21-17/h1-2,4-7H,3,8-13H2. The molecule has 120 valence electrons. The van der Waals surface area contributed by atoms with Gasteiger partial charge in [0.25, 0.3) is 0 Å². The zero-order chi connectivity index (χ0) is 15.5. The molecule has 0 fully saturated rings. The van der Waals surface area contributed by atoms with Gasteiger partial charge >= 0.3 is 0 Å². The van der Waals surface area contributed by atoms with Crippen LogP contribution in [-0.4, -0.2) is 19.8 Å². The van der Waals surface area contributed by atoms with Crippen LogP contribution in [0, 0.1) is 0 Å². The first-order valence-electron chi connectivity index (χ1n) is 8.10. The molecule has 23 heavy (non-hydrogen) atoms. The summed E-state index contributed by atoms with van der Waals surface area (Å²) in [7, 11) is 0. The van der Waals surface area contributed by atoms with E-state index in [-0.39, 0.29) is 0 Å². The van der Waals surface area contributed by atoms with Crippen LogP contribution >= 0.6 is 0 Å². The van der Waals surface area contributed by atoms with E-state index in [1.165, 1.54) is 16.7 Å². The summed E-state index contributed by atoms with van der Waals surface area (Å²) < 4.78 is 23.1. The molecule has 2 aromatic carbocycles. The third-order valence-corrected chi connectivity index (χ3v) is 4.24. The minimum atomic E-state index is 0.531. The Bertz CT molecular complexity index is 696. The summed E-state index contributed by atoms with van der Waals surface area (Å²) in [6.45, 7) is 3.35. The van der Waals surface area contributed by atoms with Crippen LogP contribution in [0.3, 0.4) is 0 Å². The number of rotatable bonds is 3. The molecule has 2 aliphatic rings. The summed E-state index contributed by atoms with van der Waals surface area (Å²) in [5.41, 5.74) is 3.85. The van der Waals surface area contributed by atoms with Gasteiger partial charge in [0.1, 0.15) is 6.61 Å². The van der Waals surface area contributed by atoms with Crippen LogP contribution < -0.4 is 14.2 Å². The van der Waals surface area contributed by atoms with Crippen LogP contribution in [0.5, 0.6) is 17.2 Å². The van der Waals surface area contributed by atoms with Crippen molar-refractivity contribution in [1.82, 2.24) is 0 Å². The molecule has 0 spiro atoms. The van der Waals surface area contributed by atoms with Crippen molar-refractivity contribution in [2.24, 2.45) is 0 Å². The van der Waals surface area contributed by atoms with Crippen molar-refractivity contribution in [3.63, 3.8) is 0 Å². The molecular formula is C19H20O4. The Morgan fingerprint density at radius 2 is 1.87 bits per heavy atom. The lowest BCUT2D eigenvalue weighted by Crippen LogP contribution is -2.13. The maximum absolute atomic E-state index is 6.07. The summed E-state index contributed by atoms with van der Waals surface area (Å²) in [4.78, 5) is 0. The highest BCUT2D eigenvalue weighted by atomic mass is 16.5. The third kappa shape index (κ3) is 2.99. The zero-order valence-electron chi connectivity index (χ0n) is 13.0. The first-order valence-corrected chi connectivity index (χ1v) is 8.10. The maximum Gasteiger partial charge on any atom is 0.203 e. The van der Waals surface area contributed by atoms with E-state index in [1.807, 2.05) is 18.2 Å². The van der Waals surface area contributed by atoms with Crippen molar-refractivity contribution in [3.05, 3.63) is 53.1 Å². The topological polar surface area (TPSA) is 36.9 Å². The van der Waals surface area contributed by atoms with E-state index in [4.69, 9.17) is 18.9 Å². The molecule has 0 atom stereocenters. The minimum Gasteiger partial charge on any atom is -0.489 e. The molecule has 0 radical (unpaired) electrons. The van der Waals surface area contributed by atoms with Crippen LogP contribution in [0.15, 0.2) is 36.4 Å². The molecule has 0 aliphatic carbocycles. The van der Waals surface area contributed by atoms with Gasteiger partial charge in [0, 0.05) is 6.42 Å². The largest absolute Gasteiger partial charge is 0.489 e. The van der Waals surface area contributed by atoms with Crippen molar-refractivity contribution in [1.29, 1.82) is 0 Å². The molecule has 0 amide bonds. The van der Waals surface area contributed by atoms with Gasteiger partial charge in [-0.15, -0.1) is 0 Å². The number of benzene rings is 2. The normalized spacial score (nSPS) is 16.3. The van der Waals surface area contributed by atoms with Crippen molar-refractivity contribution < 1.29 is 18.9 Å². The lowest BCUT2D eigenvalue weighted by atomic mass is 9.98. The van der Waals surface area contributed by atoms with Gasteiger partial charge in [-0.05, 0) is 35.2 Å².